The van der Waals surface area contributed by atoms with Gasteiger partial charge in [0.1, 0.15) is 12.5 Å². The number of hydrogen-bond acceptors (Lipinski definition) is 4. The monoisotopic (exact) mass is 332 g/mol. The zero-order valence-corrected chi connectivity index (χ0v) is 13.5. The predicted molar refractivity (Wildman–Crippen MR) is 84.9 cm³/mol. The molecule has 0 unspecified atom stereocenters. The van der Waals surface area contributed by atoms with E-state index in [1.807, 2.05) is 0 Å². The molecule has 3 fully saturated rings. The molecule has 1 aromatic heterocycles. The minimum Gasteiger partial charge on any atom is -0.341 e. The number of rotatable bonds is 2. The molecule has 2 aliphatic heterocycles. The van der Waals surface area contributed by atoms with E-state index in [1.54, 1.807) is 22.2 Å². The van der Waals surface area contributed by atoms with Crippen LogP contribution in [-0.2, 0) is 9.59 Å². The number of amides is 2. The van der Waals surface area contributed by atoms with Gasteiger partial charge >= 0.3 is 0 Å². The molecule has 2 amide bonds. The van der Waals surface area contributed by atoms with Crippen LogP contribution in [0.5, 0.6) is 0 Å². The molecular weight excluding hydrogens is 311 g/mol. The van der Waals surface area contributed by atoms with Crippen LogP contribution < -0.4 is 4.90 Å². The Labute approximate surface area is 140 Å². The Kier molecular flexibility index (Phi) is 3.73. The highest BCUT2D eigenvalue weighted by molar-refractivity contribution is 6.00. The zero-order chi connectivity index (χ0) is 16.7. The average molecular weight is 332 g/mol. The molecule has 128 valence electrons. The maximum absolute atomic E-state index is 13.0. The summed E-state index contributed by atoms with van der Waals surface area (Å²) in [5.74, 6) is -0.102. The summed E-state index contributed by atoms with van der Waals surface area (Å²) in [6.45, 7) is 1.77. The van der Waals surface area contributed by atoms with Crippen LogP contribution in [0.1, 0.15) is 32.1 Å². The lowest BCUT2D eigenvalue weighted by Gasteiger charge is -2.42. The van der Waals surface area contributed by atoms with E-state index in [0.29, 0.717) is 38.2 Å². The first-order valence-electron chi connectivity index (χ1n) is 8.59. The Bertz CT molecular complexity index is 649. The molecule has 0 N–H and O–H groups in total. The number of carbonyl (C=O) groups excluding carboxylic acids is 2. The predicted octanol–water partition coefficient (Wildman–Crippen LogP) is 1.57. The second-order valence-electron chi connectivity index (χ2n) is 7.21. The third-order valence-electron chi connectivity index (χ3n) is 5.69. The summed E-state index contributed by atoms with van der Waals surface area (Å²) < 4.78 is 13.0. The van der Waals surface area contributed by atoms with E-state index in [1.165, 1.54) is 6.33 Å². The van der Waals surface area contributed by atoms with Crippen LogP contribution in [0.2, 0.25) is 0 Å². The molecule has 1 aromatic rings. The zero-order valence-electron chi connectivity index (χ0n) is 13.5. The van der Waals surface area contributed by atoms with E-state index in [4.69, 9.17) is 0 Å². The van der Waals surface area contributed by atoms with Crippen LogP contribution in [0.25, 0.3) is 0 Å². The molecule has 0 radical (unpaired) electrons. The van der Waals surface area contributed by atoms with Crippen molar-refractivity contribution in [3.8, 4) is 0 Å². The molecule has 6 nitrogen and oxygen atoms in total. The van der Waals surface area contributed by atoms with Gasteiger partial charge in [-0.3, -0.25) is 9.59 Å². The van der Waals surface area contributed by atoms with E-state index in [2.05, 4.69) is 9.97 Å². The Morgan fingerprint density at radius 1 is 1.21 bits per heavy atom. The van der Waals surface area contributed by atoms with Crippen LogP contribution in [-0.4, -0.2) is 52.5 Å². The van der Waals surface area contributed by atoms with Crippen molar-refractivity contribution in [2.24, 2.45) is 11.3 Å². The summed E-state index contributed by atoms with van der Waals surface area (Å²) in [5.41, 5.74) is 0.213. The number of alkyl halides is 1. The van der Waals surface area contributed by atoms with Crippen molar-refractivity contribution in [1.82, 2.24) is 14.9 Å². The maximum Gasteiger partial charge on any atom is 0.235 e. The van der Waals surface area contributed by atoms with Crippen molar-refractivity contribution < 1.29 is 14.0 Å². The molecule has 1 saturated carbocycles. The molecule has 3 heterocycles. The highest BCUT2D eigenvalue weighted by atomic mass is 19.1. The van der Waals surface area contributed by atoms with Gasteiger partial charge in [-0.05, 0) is 32.1 Å². The molecule has 2 saturated heterocycles. The van der Waals surface area contributed by atoms with Crippen LogP contribution in [0, 0.1) is 11.3 Å². The Hall–Kier alpha value is -2.05. The van der Waals surface area contributed by atoms with Crippen molar-refractivity contribution in [1.29, 1.82) is 0 Å². The second kappa shape index (κ2) is 5.79. The smallest absolute Gasteiger partial charge is 0.235 e. The van der Waals surface area contributed by atoms with E-state index in [-0.39, 0.29) is 17.7 Å². The molecule has 24 heavy (non-hydrogen) atoms. The van der Waals surface area contributed by atoms with Gasteiger partial charge in [0.25, 0.3) is 0 Å². The first-order chi connectivity index (χ1) is 11.6. The van der Waals surface area contributed by atoms with Crippen LogP contribution in [0.3, 0.4) is 0 Å². The number of hydrogen-bond donors (Lipinski definition) is 0. The molecule has 1 atom stereocenters. The summed E-state index contributed by atoms with van der Waals surface area (Å²) in [4.78, 5) is 37.1. The number of halogens is 1. The Balaban J connectivity index is 1.49. The summed E-state index contributed by atoms with van der Waals surface area (Å²) in [6, 6.07) is 0. The fourth-order valence-corrected chi connectivity index (χ4v) is 4.20. The highest BCUT2D eigenvalue weighted by Crippen LogP contribution is 2.42. The lowest BCUT2D eigenvalue weighted by molar-refractivity contribution is -0.146. The first kappa shape index (κ1) is 15.5. The van der Waals surface area contributed by atoms with Crippen molar-refractivity contribution >= 4 is 17.5 Å². The number of nitrogens with zero attached hydrogens (tertiary/aromatic N) is 4. The van der Waals surface area contributed by atoms with Crippen LogP contribution in [0.15, 0.2) is 18.7 Å². The van der Waals surface area contributed by atoms with E-state index in [0.717, 1.165) is 19.3 Å². The van der Waals surface area contributed by atoms with E-state index >= 15 is 0 Å². The van der Waals surface area contributed by atoms with Gasteiger partial charge in [0, 0.05) is 25.6 Å². The topological polar surface area (TPSA) is 66.4 Å². The van der Waals surface area contributed by atoms with Gasteiger partial charge in [-0.15, -0.1) is 0 Å². The van der Waals surface area contributed by atoms with Gasteiger partial charge in [0.2, 0.25) is 11.8 Å². The molecular formula is C17H21FN4O2. The van der Waals surface area contributed by atoms with Gasteiger partial charge in [-0.25, -0.2) is 14.4 Å². The molecule has 1 spiro atoms. The van der Waals surface area contributed by atoms with E-state index in [9.17, 15) is 14.0 Å². The molecule has 1 aliphatic carbocycles. The summed E-state index contributed by atoms with van der Waals surface area (Å²) >= 11 is 0. The van der Waals surface area contributed by atoms with Gasteiger partial charge in [0.05, 0.1) is 23.5 Å². The van der Waals surface area contributed by atoms with Crippen molar-refractivity contribution in [2.45, 2.75) is 38.3 Å². The molecule has 0 bridgehead atoms. The SMILES string of the molecule is O=C(C1CC(F)C1)N1CCC[C@]2(CCN(c3cncnc3)C2=O)C1. The second-order valence-corrected chi connectivity index (χ2v) is 7.21. The highest BCUT2D eigenvalue weighted by Gasteiger charge is 2.51. The van der Waals surface area contributed by atoms with Crippen molar-refractivity contribution in [3.63, 3.8) is 0 Å². The summed E-state index contributed by atoms with van der Waals surface area (Å²) in [7, 11) is 0. The normalized spacial score (nSPS) is 33.0. The number of anilines is 1. The quantitative estimate of drug-likeness (QED) is 0.824. The van der Waals surface area contributed by atoms with Crippen LogP contribution >= 0.6 is 0 Å². The lowest BCUT2D eigenvalue weighted by atomic mass is 9.76. The lowest BCUT2D eigenvalue weighted by Crippen LogP contribution is -2.52. The van der Waals surface area contributed by atoms with E-state index < -0.39 is 11.6 Å². The minimum absolute atomic E-state index is 0.0252. The van der Waals surface area contributed by atoms with Crippen molar-refractivity contribution in [2.75, 3.05) is 24.5 Å². The Morgan fingerprint density at radius 3 is 2.67 bits per heavy atom. The third-order valence-corrected chi connectivity index (χ3v) is 5.69. The number of carbonyl (C=O) groups is 2. The van der Waals surface area contributed by atoms with Crippen LogP contribution in [0.4, 0.5) is 10.1 Å². The average Bonchev–Trinajstić information content (AvgIpc) is 2.89. The van der Waals surface area contributed by atoms with Gasteiger partial charge in [0.15, 0.2) is 0 Å². The molecule has 4 rings (SSSR count). The van der Waals surface area contributed by atoms with Gasteiger partial charge < -0.3 is 9.80 Å². The summed E-state index contributed by atoms with van der Waals surface area (Å²) in [6.07, 6.45) is 6.93. The number of piperidine rings is 1. The Morgan fingerprint density at radius 2 is 1.96 bits per heavy atom. The standard InChI is InChI=1S/C17H21FN4O2/c18-13-6-12(7-13)15(23)21-4-1-2-17(10-21)3-5-22(16(17)24)14-8-19-11-20-9-14/h8-9,11-13H,1-7,10H2/t12?,13?,17-/m0/s1. The molecule has 3 aliphatic rings. The molecule has 7 heteroatoms. The van der Waals surface area contributed by atoms with Gasteiger partial charge in [-0.2, -0.15) is 0 Å². The fraction of sp³-hybridized carbons (Fsp3) is 0.647. The fourth-order valence-electron chi connectivity index (χ4n) is 4.20. The third kappa shape index (κ3) is 2.46. The summed E-state index contributed by atoms with van der Waals surface area (Å²) in [5, 5.41) is 0. The largest absolute Gasteiger partial charge is 0.341 e. The van der Waals surface area contributed by atoms with Gasteiger partial charge in [-0.1, -0.05) is 0 Å². The first-order valence-corrected chi connectivity index (χ1v) is 8.59. The minimum atomic E-state index is -0.834. The van der Waals surface area contributed by atoms with Crippen molar-refractivity contribution in [3.05, 3.63) is 18.7 Å². The maximum atomic E-state index is 13.0. The molecule has 0 aromatic carbocycles. The number of likely N-dealkylation sites (tertiary alicyclic amines) is 1. The number of aromatic nitrogens is 2.